The Kier molecular flexibility index (Phi) is 7.07. The summed E-state index contributed by atoms with van der Waals surface area (Å²) >= 11 is 2.50. The third-order valence-corrected chi connectivity index (χ3v) is 6.12. The Hall–Kier alpha value is -2.03. The predicted molar refractivity (Wildman–Crippen MR) is 105 cm³/mol. The number of carboxylic acid groups (broad SMARTS) is 1. The molecule has 0 saturated carbocycles. The number of carboxylic acids is 1. The van der Waals surface area contributed by atoms with Crippen molar-refractivity contribution in [2.24, 2.45) is 0 Å². The molecule has 0 bridgehead atoms. The quantitative estimate of drug-likeness (QED) is 0.372. The molecule has 0 heterocycles. The minimum absolute atomic E-state index is 0.0520. The van der Waals surface area contributed by atoms with Crippen LogP contribution in [0.4, 0.5) is 5.69 Å². The van der Waals surface area contributed by atoms with Crippen LogP contribution in [0.1, 0.15) is 19.4 Å². The van der Waals surface area contributed by atoms with Crippen LogP contribution < -0.4 is 4.72 Å². The van der Waals surface area contributed by atoms with Crippen LogP contribution in [0.2, 0.25) is 0 Å². The van der Waals surface area contributed by atoms with Gasteiger partial charge in [-0.15, -0.1) is 11.8 Å². The van der Waals surface area contributed by atoms with Crippen LogP contribution in [0.15, 0.2) is 59.5 Å². The molecule has 1 atom stereocenters. The molecule has 0 amide bonds. The number of para-hydroxylation sites is 1. The molecule has 0 aliphatic heterocycles. The SMILES string of the molecule is CC(C)(SCc1ccccc1)[C@H](NSc1ccccc1[N+](=O)[O-])C(=O)O. The maximum Gasteiger partial charge on any atom is 0.323 e. The van der Waals surface area contributed by atoms with Crippen LogP contribution >= 0.6 is 23.7 Å². The molecule has 0 radical (unpaired) electrons. The monoisotopic (exact) mass is 392 g/mol. The highest BCUT2D eigenvalue weighted by Crippen LogP contribution is 2.34. The molecular formula is C18H20N2O4S2. The first kappa shape index (κ1) is 20.3. The lowest BCUT2D eigenvalue weighted by Crippen LogP contribution is -2.47. The van der Waals surface area contributed by atoms with E-state index >= 15 is 0 Å². The highest BCUT2D eigenvalue weighted by Gasteiger charge is 2.36. The second kappa shape index (κ2) is 9.07. The Morgan fingerprint density at radius 2 is 1.81 bits per heavy atom. The molecule has 2 aromatic carbocycles. The lowest BCUT2D eigenvalue weighted by Gasteiger charge is -2.31. The summed E-state index contributed by atoms with van der Waals surface area (Å²) < 4.78 is 2.27. The number of aliphatic carboxylic acids is 1. The molecule has 0 fully saturated rings. The summed E-state index contributed by atoms with van der Waals surface area (Å²) in [7, 11) is 0. The van der Waals surface area contributed by atoms with Crippen LogP contribution in [-0.2, 0) is 10.5 Å². The van der Waals surface area contributed by atoms with Gasteiger partial charge in [0.1, 0.15) is 10.9 Å². The second-order valence-electron chi connectivity index (χ2n) is 6.09. The molecular weight excluding hydrogens is 372 g/mol. The molecule has 8 heteroatoms. The Labute approximate surface area is 160 Å². The van der Waals surface area contributed by atoms with Crippen molar-refractivity contribution in [3.05, 3.63) is 70.3 Å². The lowest BCUT2D eigenvalue weighted by molar-refractivity contribution is -0.387. The second-order valence-corrected chi connectivity index (χ2v) is 8.60. The number of hydrogen-bond acceptors (Lipinski definition) is 6. The van der Waals surface area contributed by atoms with Crippen LogP contribution in [0.25, 0.3) is 0 Å². The van der Waals surface area contributed by atoms with E-state index in [-0.39, 0.29) is 5.69 Å². The summed E-state index contributed by atoms with van der Waals surface area (Å²) in [4.78, 5) is 22.8. The van der Waals surface area contributed by atoms with E-state index < -0.39 is 21.7 Å². The first-order valence-corrected chi connectivity index (χ1v) is 9.68. The van der Waals surface area contributed by atoms with Crippen molar-refractivity contribution < 1.29 is 14.8 Å². The van der Waals surface area contributed by atoms with Crippen LogP contribution in [-0.4, -0.2) is 26.8 Å². The molecule has 2 N–H and O–H groups in total. The average Bonchev–Trinajstić information content (AvgIpc) is 2.61. The average molecular weight is 393 g/mol. The first-order valence-electron chi connectivity index (χ1n) is 7.88. The number of hydrogen-bond donors (Lipinski definition) is 2. The van der Waals surface area contributed by atoms with Crippen molar-refractivity contribution in [2.75, 3.05) is 0 Å². The molecule has 2 rings (SSSR count). The van der Waals surface area contributed by atoms with E-state index in [0.29, 0.717) is 10.6 Å². The number of rotatable bonds is 9. The Balaban J connectivity index is 2.08. The fraction of sp³-hybridized carbons (Fsp3) is 0.278. The van der Waals surface area contributed by atoms with Crippen molar-refractivity contribution >= 4 is 35.4 Å². The van der Waals surface area contributed by atoms with Gasteiger partial charge in [0.05, 0.1) is 4.92 Å². The zero-order chi connectivity index (χ0) is 19.2. The molecule has 26 heavy (non-hydrogen) atoms. The minimum atomic E-state index is -0.998. The molecule has 0 aliphatic rings. The lowest BCUT2D eigenvalue weighted by atomic mass is 10.1. The fourth-order valence-corrected chi connectivity index (χ4v) is 4.40. The summed E-state index contributed by atoms with van der Waals surface area (Å²) in [6.45, 7) is 3.71. The number of thioether (sulfide) groups is 1. The van der Waals surface area contributed by atoms with Gasteiger partial charge in [-0.25, -0.2) is 4.72 Å². The molecule has 0 spiro atoms. The summed E-state index contributed by atoms with van der Waals surface area (Å²) in [6, 6.07) is 15.2. The standard InChI is InChI=1S/C18H20N2O4S2/c1-18(2,25-12-13-8-4-3-5-9-13)16(17(21)22)19-26-15-11-7-6-10-14(15)20(23)24/h3-11,16,19H,12H2,1-2H3,(H,21,22)/t16-/m1/s1. The Bertz CT molecular complexity index is 769. The zero-order valence-electron chi connectivity index (χ0n) is 14.4. The van der Waals surface area contributed by atoms with E-state index in [9.17, 15) is 20.0 Å². The zero-order valence-corrected chi connectivity index (χ0v) is 16.0. The normalized spacial score (nSPS) is 12.5. The largest absolute Gasteiger partial charge is 0.480 e. The number of nitro groups is 1. The highest BCUT2D eigenvalue weighted by atomic mass is 32.2. The van der Waals surface area contributed by atoms with Crippen LogP contribution in [0.5, 0.6) is 0 Å². The molecule has 0 aromatic heterocycles. The van der Waals surface area contributed by atoms with E-state index in [1.807, 2.05) is 44.2 Å². The molecule has 138 valence electrons. The molecule has 6 nitrogen and oxygen atoms in total. The number of nitrogens with zero attached hydrogens (tertiary/aromatic N) is 1. The van der Waals surface area contributed by atoms with Gasteiger partial charge in [-0.2, -0.15) is 0 Å². The van der Waals surface area contributed by atoms with Gasteiger partial charge in [-0.3, -0.25) is 14.9 Å². The van der Waals surface area contributed by atoms with E-state index in [1.165, 1.54) is 17.8 Å². The molecule has 2 aromatic rings. The summed E-state index contributed by atoms with van der Waals surface area (Å²) in [5, 5.41) is 20.7. The van der Waals surface area contributed by atoms with Crippen LogP contribution in [0.3, 0.4) is 0 Å². The van der Waals surface area contributed by atoms with E-state index in [0.717, 1.165) is 17.5 Å². The van der Waals surface area contributed by atoms with Gasteiger partial charge in [0.15, 0.2) is 0 Å². The Morgan fingerprint density at radius 3 is 2.42 bits per heavy atom. The summed E-state index contributed by atoms with van der Waals surface area (Å²) in [5.41, 5.74) is 1.06. The van der Waals surface area contributed by atoms with Crippen molar-refractivity contribution in [3.8, 4) is 0 Å². The van der Waals surface area contributed by atoms with Gasteiger partial charge in [0.25, 0.3) is 5.69 Å². The van der Waals surface area contributed by atoms with Gasteiger partial charge < -0.3 is 5.11 Å². The third-order valence-electron chi connectivity index (χ3n) is 3.74. The topological polar surface area (TPSA) is 92.5 Å². The number of nitrogens with one attached hydrogen (secondary N) is 1. The Morgan fingerprint density at radius 1 is 1.19 bits per heavy atom. The third kappa shape index (κ3) is 5.48. The fourth-order valence-electron chi connectivity index (χ4n) is 2.23. The summed E-state index contributed by atoms with van der Waals surface area (Å²) in [6.07, 6.45) is 0. The van der Waals surface area contributed by atoms with Gasteiger partial charge in [-0.1, -0.05) is 42.5 Å². The van der Waals surface area contributed by atoms with Gasteiger partial charge >= 0.3 is 5.97 Å². The van der Waals surface area contributed by atoms with Gasteiger partial charge in [0, 0.05) is 16.6 Å². The number of benzene rings is 2. The van der Waals surface area contributed by atoms with Gasteiger partial charge in [0.2, 0.25) is 0 Å². The van der Waals surface area contributed by atoms with Crippen molar-refractivity contribution in [3.63, 3.8) is 0 Å². The molecule has 0 saturated heterocycles. The summed E-state index contributed by atoms with van der Waals surface area (Å²) in [5.74, 6) is -0.322. The first-order chi connectivity index (χ1) is 12.3. The van der Waals surface area contributed by atoms with Crippen molar-refractivity contribution in [1.82, 2.24) is 4.72 Å². The number of carbonyl (C=O) groups is 1. The number of nitro benzene ring substituents is 1. The van der Waals surface area contributed by atoms with Crippen LogP contribution in [0, 0.1) is 10.1 Å². The van der Waals surface area contributed by atoms with Crippen molar-refractivity contribution in [1.29, 1.82) is 0 Å². The minimum Gasteiger partial charge on any atom is -0.480 e. The van der Waals surface area contributed by atoms with Crippen molar-refractivity contribution in [2.45, 2.75) is 35.3 Å². The maximum atomic E-state index is 11.8. The van der Waals surface area contributed by atoms with Gasteiger partial charge in [-0.05, 0) is 37.4 Å². The predicted octanol–water partition coefficient (Wildman–Crippen LogP) is 4.36. The molecule has 0 aliphatic carbocycles. The van der Waals surface area contributed by atoms with E-state index in [2.05, 4.69) is 4.72 Å². The maximum absolute atomic E-state index is 11.8. The highest BCUT2D eigenvalue weighted by molar-refractivity contribution is 8.00. The smallest absolute Gasteiger partial charge is 0.323 e. The molecule has 0 unspecified atom stereocenters. The van der Waals surface area contributed by atoms with E-state index in [4.69, 9.17) is 0 Å². The van der Waals surface area contributed by atoms with E-state index in [1.54, 1.807) is 18.2 Å².